The molecule has 0 aliphatic carbocycles. The zero-order chi connectivity index (χ0) is 26.2. The number of nitrogens with zero attached hydrogens (tertiary/aromatic N) is 3. The van der Waals surface area contributed by atoms with E-state index in [-0.39, 0.29) is 19.0 Å². The monoisotopic (exact) mass is 526 g/mol. The van der Waals surface area contributed by atoms with E-state index in [1.807, 2.05) is 36.4 Å². The number of hydrogen-bond acceptors (Lipinski definition) is 6. The van der Waals surface area contributed by atoms with E-state index in [0.717, 1.165) is 87.8 Å². The number of carbonyl (C=O) groups excluding carboxylic acids is 1. The van der Waals surface area contributed by atoms with Crippen LogP contribution in [-0.4, -0.2) is 81.8 Å². The summed E-state index contributed by atoms with van der Waals surface area (Å²) in [5.41, 5.74) is 5.50. The molecule has 0 saturated carbocycles. The number of aliphatic hydroxyl groups is 2. The molecular weight excluding hydrogens is 496 g/mol. The van der Waals surface area contributed by atoms with Crippen LogP contribution in [0.3, 0.4) is 0 Å². The maximum Gasteiger partial charge on any atom is 0.252 e. The van der Waals surface area contributed by atoms with Crippen LogP contribution in [0.15, 0.2) is 42.5 Å². The molecule has 0 bridgehead atoms. The van der Waals surface area contributed by atoms with Crippen molar-refractivity contribution >= 4 is 49.5 Å². The number of para-hydroxylation sites is 1. The fraction of sp³-hybridized carbons (Fsp3) is 0.367. The quantitative estimate of drug-likeness (QED) is 0.333. The van der Waals surface area contributed by atoms with Gasteiger partial charge in [-0.2, -0.15) is 0 Å². The standard InChI is InChI=1S/C30H30N4O5/c35-23-15-33-21-4-2-1-3-18(21)25-20-14-31-30(37)27(20)26-19-13-17(39-12-9-32-7-10-38-11-8-32)5-6-22(19)34(16-24(23)36)29(26)28(25)33/h1-6,13,23-24,35-36H,7-12,14-16H2,(H,31,37). The van der Waals surface area contributed by atoms with Gasteiger partial charge in [0, 0.05) is 58.8 Å². The number of benzene rings is 3. The lowest BCUT2D eigenvalue weighted by molar-refractivity contribution is 0.00168. The predicted octanol–water partition coefficient (Wildman–Crippen LogP) is 2.59. The summed E-state index contributed by atoms with van der Waals surface area (Å²) < 4.78 is 15.9. The number of nitrogens with one attached hydrogen (secondary N) is 1. The van der Waals surface area contributed by atoms with Gasteiger partial charge in [0.25, 0.3) is 5.91 Å². The molecule has 3 aliphatic heterocycles. The first-order valence-electron chi connectivity index (χ1n) is 13.7. The van der Waals surface area contributed by atoms with Crippen LogP contribution < -0.4 is 10.1 Å². The minimum atomic E-state index is -0.959. The van der Waals surface area contributed by atoms with Crippen LogP contribution in [0.2, 0.25) is 0 Å². The Kier molecular flexibility index (Phi) is 5.19. The molecule has 1 saturated heterocycles. The molecule has 3 aromatic carbocycles. The molecule has 5 aromatic rings. The summed E-state index contributed by atoms with van der Waals surface area (Å²) in [4.78, 5) is 15.7. The number of amides is 1. The van der Waals surface area contributed by atoms with Crippen molar-refractivity contribution < 1.29 is 24.5 Å². The summed E-state index contributed by atoms with van der Waals surface area (Å²) in [5.74, 6) is 0.669. The van der Waals surface area contributed by atoms with Crippen molar-refractivity contribution in [3.63, 3.8) is 0 Å². The second kappa shape index (κ2) is 8.69. The number of rotatable bonds is 4. The van der Waals surface area contributed by atoms with Gasteiger partial charge >= 0.3 is 0 Å². The smallest absolute Gasteiger partial charge is 0.252 e. The zero-order valence-corrected chi connectivity index (χ0v) is 21.5. The van der Waals surface area contributed by atoms with Gasteiger partial charge in [-0.3, -0.25) is 9.69 Å². The average Bonchev–Trinajstić information content (AvgIpc) is 3.59. The van der Waals surface area contributed by atoms with Gasteiger partial charge in [0.15, 0.2) is 0 Å². The van der Waals surface area contributed by atoms with Crippen molar-refractivity contribution in [2.75, 3.05) is 39.5 Å². The third kappa shape index (κ3) is 3.37. The highest BCUT2D eigenvalue weighted by atomic mass is 16.5. The van der Waals surface area contributed by atoms with Crippen LogP contribution >= 0.6 is 0 Å². The lowest BCUT2D eigenvalue weighted by Crippen LogP contribution is -2.38. The Morgan fingerprint density at radius 1 is 0.923 bits per heavy atom. The van der Waals surface area contributed by atoms with Crippen LogP contribution in [0, 0.1) is 0 Å². The van der Waals surface area contributed by atoms with E-state index in [1.165, 1.54) is 0 Å². The van der Waals surface area contributed by atoms with E-state index in [1.54, 1.807) is 0 Å². The largest absolute Gasteiger partial charge is 0.492 e. The van der Waals surface area contributed by atoms with Gasteiger partial charge in [-0.05, 0) is 29.8 Å². The number of fused-ring (bicyclic) bond motifs is 9. The Bertz CT molecular complexity index is 1800. The van der Waals surface area contributed by atoms with Crippen LogP contribution in [0.4, 0.5) is 0 Å². The van der Waals surface area contributed by atoms with Crippen molar-refractivity contribution in [2.45, 2.75) is 31.8 Å². The Balaban J connectivity index is 1.39. The van der Waals surface area contributed by atoms with E-state index < -0.39 is 12.2 Å². The van der Waals surface area contributed by atoms with Gasteiger partial charge in [-0.25, -0.2) is 0 Å². The van der Waals surface area contributed by atoms with Crippen LogP contribution in [0.5, 0.6) is 5.75 Å². The molecule has 2 atom stereocenters. The highest BCUT2D eigenvalue weighted by Gasteiger charge is 2.34. The molecule has 0 spiro atoms. The maximum atomic E-state index is 13.4. The fourth-order valence-corrected chi connectivity index (χ4v) is 6.85. The molecule has 1 amide bonds. The number of aromatic nitrogens is 2. The topological polar surface area (TPSA) is 101 Å². The van der Waals surface area contributed by atoms with Crippen molar-refractivity contribution in [1.82, 2.24) is 19.4 Å². The van der Waals surface area contributed by atoms with E-state index in [2.05, 4.69) is 25.4 Å². The second-order valence-electron chi connectivity index (χ2n) is 10.8. The van der Waals surface area contributed by atoms with Crippen molar-refractivity contribution in [2.24, 2.45) is 0 Å². The summed E-state index contributed by atoms with van der Waals surface area (Å²) in [6.07, 6.45) is -1.89. The minimum absolute atomic E-state index is 0.0796. The molecule has 39 heavy (non-hydrogen) atoms. The third-order valence-corrected chi connectivity index (χ3v) is 8.70. The first-order chi connectivity index (χ1) is 19.1. The first-order valence-corrected chi connectivity index (χ1v) is 13.7. The Hall–Kier alpha value is -3.63. The lowest BCUT2D eigenvalue weighted by atomic mass is 9.97. The molecule has 0 radical (unpaired) electrons. The maximum absolute atomic E-state index is 13.4. The van der Waals surface area contributed by atoms with Crippen molar-refractivity contribution in [1.29, 1.82) is 0 Å². The number of aliphatic hydroxyl groups excluding tert-OH is 2. The third-order valence-electron chi connectivity index (χ3n) is 8.70. The molecule has 1 fully saturated rings. The molecule has 3 aliphatic rings. The summed E-state index contributed by atoms with van der Waals surface area (Å²) in [6, 6.07) is 14.1. The van der Waals surface area contributed by atoms with Crippen LogP contribution in [-0.2, 0) is 24.4 Å². The normalized spacial score (nSPS) is 21.6. The highest BCUT2D eigenvalue weighted by Crippen LogP contribution is 2.46. The van der Waals surface area contributed by atoms with Crippen LogP contribution in [0.25, 0.3) is 43.6 Å². The molecule has 2 unspecified atom stereocenters. The molecule has 9 nitrogen and oxygen atoms in total. The fourth-order valence-electron chi connectivity index (χ4n) is 6.85. The Morgan fingerprint density at radius 3 is 2.44 bits per heavy atom. The van der Waals surface area contributed by atoms with E-state index >= 15 is 0 Å². The number of ether oxygens (including phenoxy) is 2. The van der Waals surface area contributed by atoms with Gasteiger partial charge in [-0.15, -0.1) is 0 Å². The molecule has 2 aromatic heterocycles. The molecule has 5 heterocycles. The number of hydrogen-bond donors (Lipinski definition) is 3. The minimum Gasteiger partial charge on any atom is -0.492 e. The number of carbonyl (C=O) groups is 1. The molecule has 200 valence electrons. The predicted molar refractivity (Wildman–Crippen MR) is 148 cm³/mol. The van der Waals surface area contributed by atoms with Gasteiger partial charge in [0.1, 0.15) is 12.4 Å². The summed E-state index contributed by atoms with van der Waals surface area (Å²) in [6.45, 7) is 5.69. The van der Waals surface area contributed by atoms with Crippen LogP contribution in [0.1, 0.15) is 15.9 Å². The zero-order valence-electron chi connectivity index (χ0n) is 21.5. The van der Waals surface area contributed by atoms with E-state index in [0.29, 0.717) is 18.7 Å². The van der Waals surface area contributed by atoms with Crippen molar-refractivity contribution in [3.8, 4) is 5.75 Å². The second-order valence-corrected chi connectivity index (χ2v) is 10.8. The summed E-state index contributed by atoms with van der Waals surface area (Å²) in [7, 11) is 0. The summed E-state index contributed by atoms with van der Waals surface area (Å²) >= 11 is 0. The SMILES string of the molecule is O=C1NCc2c1c1c3cc(OCCN4CCOCC4)ccc3n3c1c1c2c2ccccc2n1CC(O)C(O)C3. The average molecular weight is 527 g/mol. The molecule has 8 rings (SSSR count). The van der Waals surface area contributed by atoms with Gasteiger partial charge in [-0.1, -0.05) is 18.2 Å². The summed E-state index contributed by atoms with van der Waals surface area (Å²) in [5, 5.41) is 29.0. The Labute approximate surface area is 224 Å². The van der Waals surface area contributed by atoms with Gasteiger partial charge in [0.2, 0.25) is 0 Å². The lowest BCUT2D eigenvalue weighted by Gasteiger charge is -2.26. The van der Waals surface area contributed by atoms with Gasteiger partial charge in [0.05, 0.1) is 55.1 Å². The van der Waals surface area contributed by atoms with E-state index in [9.17, 15) is 15.0 Å². The van der Waals surface area contributed by atoms with Gasteiger partial charge < -0.3 is 34.1 Å². The molecular formula is C30H30N4O5. The molecule has 3 N–H and O–H groups in total. The van der Waals surface area contributed by atoms with E-state index in [4.69, 9.17) is 9.47 Å². The first kappa shape index (κ1) is 23.3. The highest BCUT2D eigenvalue weighted by molar-refractivity contribution is 6.30. The number of morpholine rings is 1. The Morgan fingerprint density at radius 2 is 1.64 bits per heavy atom. The van der Waals surface area contributed by atoms with Crippen molar-refractivity contribution in [3.05, 3.63) is 53.6 Å². The molecule has 9 heteroatoms.